The van der Waals surface area contributed by atoms with Crippen molar-refractivity contribution in [2.24, 2.45) is 0 Å². The molecule has 140 valence electrons. The van der Waals surface area contributed by atoms with Crippen LogP contribution in [0.25, 0.3) is 10.2 Å². The molecule has 7 nitrogen and oxygen atoms in total. The van der Waals surface area contributed by atoms with Crippen LogP contribution in [0, 0.1) is 0 Å². The summed E-state index contributed by atoms with van der Waals surface area (Å²) in [6.07, 6.45) is -4.55. The zero-order valence-electron chi connectivity index (χ0n) is 13.3. The van der Waals surface area contributed by atoms with Gasteiger partial charge in [0.05, 0.1) is 11.3 Å². The number of carboxylic acid groups (broad SMARTS) is 1. The van der Waals surface area contributed by atoms with Crippen molar-refractivity contribution in [3.05, 3.63) is 46.3 Å². The molecule has 11 heteroatoms. The first-order valence-electron chi connectivity index (χ1n) is 7.28. The SMILES string of the molecule is Nc1nc2sc(C(=O)Nc3cccc(C(F)(F)F)c3)c(N)c2cc1C(=O)O. The molecule has 0 atom stereocenters. The number of nitrogen functional groups attached to an aromatic ring is 2. The molecule has 0 aliphatic heterocycles. The fourth-order valence-electron chi connectivity index (χ4n) is 2.36. The van der Waals surface area contributed by atoms with Crippen molar-refractivity contribution >= 4 is 50.6 Å². The molecule has 0 unspecified atom stereocenters. The van der Waals surface area contributed by atoms with E-state index >= 15 is 0 Å². The van der Waals surface area contributed by atoms with E-state index in [1.165, 1.54) is 12.1 Å². The standard InChI is InChI=1S/C16H11F3N4O3S/c17-16(18,19)6-2-1-3-7(4-6)22-13(24)11-10(20)8-5-9(15(25)26)12(21)23-14(8)27-11/h1-5H,20H2,(H2,21,23)(H,22,24)(H,25,26). The van der Waals surface area contributed by atoms with Crippen molar-refractivity contribution < 1.29 is 27.9 Å². The van der Waals surface area contributed by atoms with E-state index in [1.807, 2.05) is 0 Å². The molecule has 27 heavy (non-hydrogen) atoms. The van der Waals surface area contributed by atoms with Crippen molar-refractivity contribution in [1.29, 1.82) is 0 Å². The molecule has 0 radical (unpaired) electrons. The first kappa shape index (κ1) is 18.5. The molecule has 0 aliphatic rings. The Balaban J connectivity index is 1.97. The third-order valence-electron chi connectivity index (χ3n) is 3.63. The highest BCUT2D eigenvalue weighted by atomic mass is 32.1. The highest BCUT2D eigenvalue weighted by Crippen LogP contribution is 2.35. The first-order valence-corrected chi connectivity index (χ1v) is 8.10. The lowest BCUT2D eigenvalue weighted by Gasteiger charge is -2.09. The number of alkyl halides is 3. The fourth-order valence-corrected chi connectivity index (χ4v) is 3.34. The van der Waals surface area contributed by atoms with Crippen LogP contribution in [0.1, 0.15) is 25.6 Å². The second-order valence-corrected chi connectivity index (χ2v) is 6.46. The fraction of sp³-hybridized carbons (Fsp3) is 0.0625. The van der Waals surface area contributed by atoms with Crippen LogP contribution in [0.15, 0.2) is 30.3 Å². The number of hydrogen-bond donors (Lipinski definition) is 4. The molecule has 3 aromatic rings. The Hall–Kier alpha value is -3.34. The average Bonchev–Trinajstić information content (AvgIpc) is 2.89. The van der Waals surface area contributed by atoms with Crippen LogP contribution in [0.2, 0.25) is 0 Å². The third kappa shape index (κ3) is 3.49. The topological polar surface area (TPSA) is 131 Å². The van der Waals surface area contributed by atoms with Crippen LogP contribution in [0.4, 0.5) is 30.4 Å². The minimum Gasteiger partial charge on any atom is -0.478 e. The zero-order valence-corrected chi connectivity index (χ0v) is 14.1. The van der Waals surface area contributed by atoms with E-state index in [0.29, 0.717) is 0 Å². The largest absolute Gasteiger partial charge is 0.478 e. The molecule has 2 aromatic heterocycles. The smallest absolute Gasteiger partial charge is 0.416 e. The summed E-state index contributed by atoms with van der Waals surface area (Å²) in [5, 5.41) is 11.7. The number of benzene rings is 1. The summed E-state index contributed by atoms with van der Waals surface area (Å²) >= 11 is 0.852. The van der Waals surface area contributed by atoms with E-state index in [9.17, 15) is 22.8 Å². The summed E-state index contributed by atoms with van der Waals surface area (Å²) < 4.78 is 38.3. The van der Waals surface area contributed by atoms with Crippen molar-refractivity contribution in [2.75, 3.05) is 16.8 Å². The van der Waals surface area contributed by atoms with Crippen molar-refractivity contribution in [2.45, 2.75) is 6.18 Å². The minimum atomic E-state index is -4.55. The number of carbonyl (C=O) groups is 2. The highest BCUT2D eigenvalue weighted by molar-refractivity contribution is 7.21. The number of amides is 1. The van der Waals surface area contributed by atoms with Gasteiger partial charge in [-0.1, -0.05) is 6.07 Å². The summed E-state index contributed by atoms with van der Waals surface area (Å²) in [4.78, 5) is 27.7. The number of nitrogens with two attached hydrogens (primary N) is 2. The van der Waals surface area contributed by atoms with Crippen LogP contribution in [0.3, 0.4) is 0 Å². The Bertz CT molecular complexity index is 1080. The van der Waals surface area contributed by atoms with E-state index in [1.54, 1.807) is 0 Å². The first-order chi connectivity index (χ1) is 12.6. The van der Waals surface area contributed by atoms with Crippen molar-refractivity contribution in [3.8, 4) is 0 Å². The van der Waals surface area contributed by atoms with Crippen LogP contribution in [0.5, 0.6) is 0 Å². The Morgan fingerprint density at radius 1 is 1.19 bits per heavy atom. The van der Waals surface area contributed by atoms with E-state index in [0.717, 1.165) is 29.5 Å². The van der Waals surface area contributed by atoms with E-state index in [2.05, 4.69) is 10.3 Å². The maximum atomic E-state index is 12.8. The normalized spacial score (nSPS) is 11.5. The van der Waals surface area contributed by atoms with Gasteiger partial charge in [-0.25, -0.2) is 9.78 Å². The molecule has 1 aromatic carbocycles. The monoisotopic (exact) mass is 396 g/mol. The molecule has 0 bridgehead atoms. The van der Waals surface area contributed by atoms with E-state index < -0.39 is 23.6 Å². The number of aromatic nitrogens is 1. The van der Waals surface area contributed by atoms with Gasteiger partial charge < -0.3 is 21.9 Å². The van der Waals surface area contributed by atoms with Crippen LogP contribution in [-0.4, -0.2) is 22.0 Å². The number of fused-ring (bicyclic) bond motifs is 1. The van der Waals surface area contributed by atoms with E-state index in [-0.39, 0.29) is 37.8 Å². The number of aromatic carboxylic acids is 1. The summed E-state index contributed by atoms with van der Waals surface area (Å²) in [6.45, 7) is 0. The zero-order chi connectivity index (χ0) is 19.9. The molecule has 1 amide bonds. The lowest BCUT2D eigenvalue weighted by molar-refractivity contribution is -0.137. The summed E-state index contributed by atoms with van der Waals surface area (Å²) in [5.41, 5.74) is 10.2. The summed E-state index contributed by atoms with van der Waals surface area (Å²) in [7, 11) is 0. The van der Waals surface area contributed by atoms with Gasteiger partial charge in [-0.15, -0.1) is 11.3 Å². The van der Waals surface area contributed by atoms with Gasteiger partial charge in [0.25, 0.3) is 5.91 Å². The van der Waals surface area contributed by atoms with Crippen LogP contribution >= 0.6 is 11.3 Å². The Morgan fingerprint density at radius 2 is 1.89 bits per heavy atom. The average molecular weight is 396 g/mol. The summed E-state index contributed by atoms with van der Waals surface area (Å²) in [5.74, 6) is -2.28. The number of anilines is 3. The number of hydrogen-bond acceptors (Lipinski definition) is 6. The highest BCUT2D eigenvalue weighted by Gasteiger charge is 2.30. The Morgan fingerprint density at radius 3 is 2.52 bits per heavy atom. The van der Waals surface area contributed by atoms with Gasteiger partial charge in [0.2, 0.25) is 0 Å². The van der Waals surface area contributed by atoms with Gasteiger partial charge in [0.15, 0.2) is 0 Å². The van der Waals surface area contributed by atoms with E-state index in [4.69, 9.17) is 16.6 Å². The molecule has 2 heterocycles. The maximum Gasteiger partial charge on any atom is 0.416 e. The number of halogens is 3. The predicted octanol–water partition coefficient (Wildman–Crippen LogP) is 3.43. The Labute approximate surface area is 153 Å². The predicted molar refractivity (Wildman–Crippen MR) is 94.8 cm³/mol. The van der Waals surface area contributed by atoms with Crippen molar-refractivity contribution in [3.63, 3.8) is 0 Å². The number of carboxylic acids is 1. The number of pyridine rings is 1. The van der Waals surface area contributed by atoms with Gasteiger partial charge in [-0.05, 0) is 24.3 Å². The Kier molecular flexibility index (Phi) is 4.39. The molecular formula is C16H11F3N4O3S. The number of rotatable bonds is 3. The van der Waals surface area contributed by atoms with Crippen LogP contribution < -0.4 is 16.8 Å². The van der Waals surface area contributed by atoms with Gasteiger partial charge in [-0.2, -0.15) is 13.2 Å². The third-order valence-corrected chi connectivity index (χ3v) is 4.75. The minimum absolute atomic E-state index is 0.0168. The lowest BCUT2D eigenvalue weighted by Crippen LogP contribution is -2.13. The van der Waals surface area contributed by atoms with Gasteiger partial charge in [0, 0.05) is 11.1 Å². The second-order valence-electron chi connectivity index (χ2n) is 5.46. The molecule has 0 aliphatic carbocycles. The molecule has 3 rings (SSSR count). The molecule has 0 saturated carbocycles. The molecular weight excluding hydrogens is 385 g/mol. The number of thiophene rings is 1. The van der Waals surface area contributed by atoms with Gasteiger partial charge >= 0.3 is 12.1 Å². The maximum absolute atomic E-state index is 12.8. The second kappa shape index (κ2) is 6.43. The molecule has 6 N–H and O–H groups in total. The number of nitrogens with one attached hydrogen (secondary N) is 1. The molecule has 0 fully saturated rings. The summed E-state index contributed by atoms with van der Waals surface area (Å²) in [6, 6.07) is 5.33. The van der Waals surface area contributed by atoms with Gasteiger partial charge in [-0.3, -0.25) is 4.79 Å². The lowest BCUT2D eigenvalue weighted by atomic mass is 10.1. The number of nitrogens with zero attached hydrogens (tertiary/aromatic N) is 1. The van der Waals surface area contributed by atoms with Crippen molar-refractivity contribution in [1.82, 2.24) is 4.98 Å². The molecule has 0 saturated heterocycles. The van der Waals surface area contributed by atoms with Gasteiger partial charge in [0.1, 0.15) is 21.1 Å². The van der Waals surface area contributed by atoms with Crippen LogP contribution in [-0.2, 0) is 6.18 Å². The molecule has 0 spiro atoms. The quantitative estimate of drug-likeness (QED) is 0.536. The number of carbonyl (C=O) groups excluding carboxylic acids is 1.